The van der Waals surface area contributed by atoms with Crippen LogP contribution in [0.2, 0.25) is 0 Å². The zero-order valence-electron chi connectivity index (χ0n) is 15.0. The van der Waals surface area contributed by atoms with Crippen LogP contribution in [0.4, 0.5) is 33.3 Å². The van der Waals surface area contributed by atoms with Gasteiger partial charge >= 0.3 is 6.18 Å². The highest BCUT2D eigenvalue weighted by atomic mass is 32.2. The summed E-state index contributed by atoms with van der Waals surface area (Å²) in [6.07, 6.45) is -5.06. The normalized spacial score (nSPS) is 14.6. The molecule has 0 heterocycles. The maximum absolute atomic E-state index is 13.3. The standard InChI is InChI=1S/C17H13F5N2O5S/c1-16(26,8-30(29)10-3-4-12(18)13(19)7-10)15(25)23-14-5-2-9(24(27)28)6-11(14)17(20,21)22/h2-7,26H,8H2,1H3,(H,23,25). The zero-order valence-corrected chi connectivity index (χ0v) is 15.8. The molecule has 0 aliphatic heterocycles. The third-order valence-electron chi connectivity index (χ3n) is 3.82. The van der Waals surface area contributed by atoms with Crippen molar-refractivity contribution in [2.24, 2.45) is 0 Å². The number of rotatable bonds is 6. The predicted molar refractivity (Wildman–Crippen MR) is 95.0 cm³/mol. The van der Waals surface area contributed by atoms with E-state index >= 15 is 0 Å². The number of halogens is 5. The van der Waals surface area contributed by atoms with Crippen molar-refractivity contribution < 1.29 is 41.0 Å². The van der Waals surface area contributed by atoms with Gasteiger partial charge in [-0.15, -0.1) is 0 Å². The number of nitrogens with one attached hydrogen (secondary N) is 1. The third kappa shape index (κ3) is 5.36. The molecule has 30 heavy (non-hydrogen) atoms. The minimum absolute atomic E-state index is 0.212. The molecule has 0 radical (unpaired) electrons. The van der Waals surface area contributed by atoms with Crippen LogP contribution < -0.4 is 5.32 Å². The number of non-ortho nitro benzene ring substituents is 1. The van der Waals surface area contributed by atoms with E-state index in [0.29, 0.717) is 18.2 Å². The molecule has 0 saturated carbocycles. The smallest absolute Gasteiger partial charge is 0.379 e. The van der Waals surface area contributed by atoms with Gasteiger partial charge in [0.05, 0.1) is 32.7 Å². The Morgan fingerprint density at radius 1 is 1.17 bits per heavy atom. The van der Waals surface area contributed by atoms with E-state index in [1.165, 1.54) is 0 Å². The Bertz CT molecular complexity index is 1030. The van der Waals surface area contributed by atoms with Crippen LogP contribution >= 0.6 is 0 Å². The second kappa shape index (κ2) is 8.44. The van der Waals surface area contributed by atoms with E-state index in [9.17, 15) is 46.2 Å². The average Bonchev–Trinajstić information content (AvgIpc) is 2.62. The Morgan fingerprint density at radius 3 is 2.33 bits per heavy atom. The molecule has 1 amide bonds. The van der Waals surface area contributed by atoms with E-state index < -0.39 is 67.7 Å². The Kier molecular flexibility index (Phi) is 6.57. The molecule has 0 fully saturated rings. The fourth-order valence-corrected chi connectivity index (χ4v) is 3.53. The van der Waals surface area contributed by atoms with Gasteiger partial charge in [-0.1, -0.05) is 0 Å². The van der Waals surface area contributed by atoms with Gasteiger partial charge in [-0.2, -0.15) is 13.2 Å². The maximum atomic E-state index is 13.3. The second-order valence-corrected chi connectivity index (χ2v) is 7.73. The van der Waals surface area contributed by atoms with Crippen molar-refractivity contribution in [2.45, 2.75) is 23.6 Å². The summed E-state index contributed by atoms with van der Waals surface area (Å²) in [6.45, 7) is 0.860. The summed E-state index contributed by atoms with van der Waals surface area (Å²) >= 11 is 0. The van der Waals surface area contributed by atoms with Crippen molar-refractivity contribution in [3.05, 3.63) is 63.7 Å². The molecule has 2 atom stereocenters. The van der Waals surface area contributed by atoms with Crippen molar-refractivity contribution >= 4 is 28.1 Å². The molecule has 13 heteroatoms. The van der Waals surface area contributed by atoms with E-state index in [0.717, 1.165) is 19.1 Å². The van der Waals surface area contributed by atoms with E-state index in [1.807, 2.05) is 0 Å². The van der Waals surface area contributed by atoms with Gasteiger partial charge in [0.2, 0.25) is 0 Å². The molecule has 2 N–H and O–H groups in total. The SMILES string of the molecule is CC(O)(CS(=O)c1ccc(F)c(F)c1)C(=O)Nc1ccc([N+](=O)[O-])cc1C(F)(F)F. The summed E-state index contributed by atoms with van der Waals surface area (Å²) in [4.78, 5) is 21.7. The molecule has 0 aliphatic carbocycles. The van der Waals surface area contributed by atoms with Crippen LogP contribution in [-0.4, -0.2) is 31.5 Å². The summed E-state index contributed by atoms with van der Waals surface area (Å²) in [5.41, 5.74) is -5.74. The zero-order chi connectivity index (χ0) is 22.9. The van der Waals surface area contributed by atoms with Gasteiger partial charge in [0.15, 0.2) is 17.2 Å². The number of aliphatic hydroxyl groups is 1. The molecular formula is C17H13F5N2O5S. The lowest BCUT2D eigenvalue weighted by molar-refractivity contribution is -0.385. The molecule has 2 unspecified atom stereocenters. The van der Waals surface area contributed by atoms with Gasteiger partial charge in [-0.3, -0.25) is 19.1 Å². The van der Waals surface area contributed by atoms with Crippen molar-refractivity contribution in [3.8, 4) is 0 Å². The van der Waals surface area contributed by atoms with Gasteiger partial charge in [0.25, 0.3) is 11.6 Å². The summed E-state index contributed by atoms with van der Waals surface area (Å²) < 4.78 is 78.0. The van der Waals surface area contributed by atoms with E-state index in [4.69, 9.17) is 0 Å². The number of carbonyl (C=O) groups is 1. The largest absolute Gasteiger partial charge is 0.418 e. The quantitative estimate of drug-likeness (QED) is 0.397. The van der Waals surface area contributed by atoms with Gasteiger partial charge in [-0.05, 0) is 31.2 Å². The number of amides is 1. The first kappa shape index (κ1) is 23.3. The molecule has 0 bridgehead atoms. The predicted octanol–water partition coefficient (Wildman–Crippen LogP) is 3.39. The van der Waals surface area contributed by atoms with Crippen LogP contribution in [0.5, 0.6) is 0 Å². The minimum Gasteiger partial charge on any atom is -0.379 e. The molecule has 2 rings (SSSR count). The number of nitrogens with zero attached hydrogens (tertiary/aromatic N) is 1. The Balaban J connectivity index is 2.26. The highest BCUT2D eigenvalue weighted by Gasteiger charge is 2.38. The van der Waals surface area contributed by atoms with Crippen LogP contribution in [0.3, 0.4) is 0 Å². The highest BCUT2D eigenvalue weighted by molar-refractivity contribution is 7.85. The number of hydrogen-bond donors (Lipinski definition) is 2. The summed E-state index contributed by atoms with van der Waals surface area (Å²) in [7, 11) is -2.21. The van der Waals surface area contributed by atoms with E-state index in [2.05, 4.69) is 0 Å². The first-order valence-corrected chi connectivity index (χ1v) is 9.27. The molecule has 0 saturated heterocycles. The first-order valence-electron chi connectivity index (χ1n) is 7.95. The van der Waals surface area contributed by atoms with Gasteiger partial charge in [0.1, 0.15) is 0 Å². The number of carbonyl (C=O) groups excluding carboxylic acids is 1. The van der Waals surface area contributed by atoms with E-state index in [-0.39, 0.29) is 11.0 Å². The lowest BCUT2D eigenvalue weighted by Gasteiger charge is -2.23. The lowest BCUT2D eigenvalue weighted by atomic mass is 10.1. The second-order valence-electron chi connectivity index (χ2n) is 6.28. The number of nitro groups is 1. The lowest BCUT2D eigenvalue weighted by Crippen LogP contribution is -2.44. The molecular weight excluding hydrogens is 439 g/mol. The van der Waals surface area contributed by atoms with Crippen molar-refractivity contribution in [2.75, 3.05) is 11.1 Å². The fourth-order valence-electron chi connectivity index (χ4n) is 2.27. The number of anilines is 1. The molecule has 7 nitrogen and oxygen atoms in total. The van der Waals surface area contributed by atoms with E-state index in [1.54, 1.807) is 5.32 Å². The van der Waals surface area contributed by atoms with Crippen molar-refractivity contribution in [3.63, 3.8) is 0 Å². The Hall–Kier alpha value is -2.93. The van der Waals surface area contributed by atoms with Crippen molar-refractivity contribution in [1.29, 1.82) is 0 Å². The molecule has 162 valence electrons. The molecule has 0 aromatic heterocycles. The third-order valence-corrected chi connectivity index (χ3v) is 5.43. The number of benzene rings is 2. The average molecular weight is 452 g/mol. The number of alkyl halides is 3. The molecule has 0 spiro atoms. The van der Waals surface area contributed by atoms with Crippen LogP contribution in [0.15, 0.2) is 41.3 Å². The van der Waals surface area contributed by atoms with Gasteiger partial charge in [-0.25, -0.2) is 8.78 Å². The van der Waals surface area contributed by atoms with Crippen LogP contribution in [0, 0.1) is 21.7 Å². The van der Waals surface area contributed by atoms with Gasteiger partial charge in [0, 0.05) is 17.0 Å². The molecule has 2 aromatic carbocycles. The van der Waals surface area contributed by atoms with Crippen LogP contribution in [0.25, 0.3) is 0 Å². The number of hydrogen-bond acceptors (Lipinski definition) is 5. The summed E-state index contributed by atoms with van der Waals surface area (Å²) in [5.74, 6) is -4.76. The van der Waals surface area contributed by atoms with Crippen LogP contribution in [0.1, 0.15) is 12.5 Å². The Morgan fingerprint density at radius 2 is 1.80 bits per heavy atom. The minimum atomic E-state index is -5.06. The highest BCUT2D eigenvalue weighted by Crippen LogP contribution is 2.37. The summed E-state index contributed by atoms with van der Waals surface area (Å²) in [5, 5.41) is 22.8. The summed E-state index contributed by atoms with van der Waals surface area (Å²) in [6, 6.07) is 3.81. The molecule has 2 aromatic rings. The maximum Gasteiger partial charge on any atom is 0.418 e. The van der Waals surface area contributed by atoms with Gasteiger partial charge < -0.3 is 10.4 Å². The Labute approximate surface area is 168 Å². The first-order chi connectivity index (χ1) is 13.7. The van der Waals surface area contributed by atoms with Crippen molar-refractivity contribution in [1.82, 2.24) is 0 Å². The molecule has 0 aliphatic rings. The monoisotopic (exact) mass is 452 g/mol. The fraction of sp³-hybridized carbons (Fsp3) is 0.235. The number of nitro benzene ring substituents is 1. The topological polar surface area (TPSA) is 110 Å². The van der Waals surface area contributed by atoms with Crippen LogP contribution in [-0.2, 0) is 21.8 Å².